The van der Waals surface area contributed by atoms with Crippen LogP contribution in [0.15, 0.2) is 24.3 Å². The summed E-state index contributed by atoms with van der Waals surface area (Å²) in [4.78, 5) is 2.37. The fourth-order valence-corrected chi connectivity index (χ4v) is 5.67. The number of ether oxygens (including phenoxy) is 2. The Bertz CT molecular complexity index is 518. The van der Waals surface area contributed by atoms with Gasteiger partial charge in [-0.05, 0) is 29.9 Å². The number of thiocarbonyl (C=S) groups is 1. The van der Waals surface area contributed by atoms with Gasteiger partial charge in [0.25, 0.3) is 5.17 Å². The molecule has 0 amide bonds. The van der Waals surface area contributed by atoms with Gasteiger partial charge < -0.3 is 14.8 Å². The first-order valence-corrected chi connectivity index (χ1v) is 10.8. The summed E-state index contributed by atoms with van der Waals surface area (Å²) in [5.74, 6) is 3.80. The average Bonchev–Trinajstić information content (AvgIpc) is 3.11. The summed E-state index contributed by atoms with van der Waals surface area (Å²) in [6.07, 6.45) is 0. The molecule has 2 saturated heterocycles. The SMILES string of the molecule is S=C(NCCN1CCOCC1)Oc1cccc(C2CSSC2)c1. The van der Waals surface area contributed by atoms with E-state index in [9.17, 15) is 0 Å². The van der Waals surface area contributed by atoms with Gasteiger partial charge in [0, 0.05) is 43.6 Å². The van der Waals surface area contributed by atoms with Crippen LogP contribution in [0.5, 0.6) is 5.75 Å². The summed E-state index contributed by atoms with van der Waals surface area (Å²) in [5, 5.41) is 3.64. The minimum Gasteiger partial charge on any atom is -0.432 e. The van der Waals surface area contributed by atoms with Crippen molar-refractivity contribution in [2.75, 3.05) is 50.9 Å². The molecule has 0 radical (unpaired) electrons. The van der Waals surface area contributed by atoms with E-state index in [2.05, 4.69) is 28.4 Å². The highest BCUT2D eigenvalue weighted by Gasteiger charge is 2.18. The maximum absolute atomic E-state index is 5.77. The smallest absolute Gasteiger partial charge is 0.262 e. The number of morpholine rings is 1. The lowest BCUT2D eigenvalue weighted by Crippen LogP contribution is -2.41. The number of nitrogens with zero attached hydrogens (tertiary/aromatic N) is 1. The molecule has 1 aromatic carbocycles. The first-order valence-electron chi connectivity index (χ1n) is 7.91. The molecule has 0 aromatic heterocycles. The van der Waals surface area contributed by atoms with Gasteiger partial charge >= 0.3 is 0 Å². The van der Waals surface area contributed by atoms with Gasteiger partial charge in [-0.3, -0.25) is 4.90 Å². The third kappa shape index (κ3) is 5.53. The highest BCUT2D eigenvalue weighted by atomic mass is 33.1. The normalized spacial score (nSPS) is 19.7. The van der Waals surface area contributed by atoms with Crippen LogP contribution in [0.25, 0.3) is 0 Å². The van der Waals surface area contributed by atoms with Crippen LogP contribution in [0.1, 0.15) is 11.5 Å². The monoisotopic (exact) mass is 370 g/mol. The van der Waals surface area contributed by atoms with E-state index in [1.807, 2.05) is 27.7 Å². The lowest BCUT2D eigenvalue weighted by Gasteiger charge is -2.26. The highest BCUT2D eigenvalue weighted by Crippen LogP contribution is 2.40. The first-order chi connectivity index (χ1) is 11.3. The van der Waals surface area contributed by atoms with Gasteiger partial charge in [-0.2, -0.15) is 0 Å². The summed E-state index contributed by atoms with van der Waals surface area (Å²) in [6, 6.07) is 8.31. The Morgan fingerprint density at radius 2 is 2.09 bits per heavy atom. The predicted octanol–water partition coefficient (Wildman–Crippen LogP) is 2.75. The molecule has 2 fully saturated rings. The van der Waals surface area contributed by atoms with Gasteiger partial charge in [0.15, 0.2) is 0 Å². The van der Waals surface area contributed by atoms with Crippen molar-refractivity contribution in [2.24, 2.45) is 0 Å². The lowest BCUT2D eigenvalue weighted by molar-refractivity contribution is 0.0388. The third-order valence-electron chi connectivity index (χ3n) is 3.96. The standard InChI is InChI=1S/C16H22N2O2S3/c21-16(17-4-5-18-6-8-19-9-7-18)20-15-3-1-2-13(10-15)14-11-22-23-12-14/h1-3,10,14H,4-9,11-12H2,(H,17,21). The molecule has 1 aromatic rings. The Kier molecular flexibility index (Phi) is 6.89. The van der Waals surface area contributed by atoms with E-state index in [0.717, 1.165) is 45.1 Å². The zero-order valence-electron chi connectivity index (χ0n) is 13.0. The van der Waals surface area contributed by atoms with Crippen LogP contribution >= 0.6 is 33.8 Å². The maximum atomic E-state index is 5.77. The summed E-state index contributed by atoms with van der Waals surface area (Å²) >= 11 is 5.30. The first kappa shape index (κ1) is 17.4. The molecular weight excluding hydrogens is 348 g/mol. The number of benzene rings is 1. The molecule has 3 rings (SSSR count). The van der Waals surface area contributed by atoms with Gasteiger partial charge in [-0.15, -0.1) is 0 Å². The van der Waals surface area contributed by atoms with E-state index in [1.165, 1.54) is 17.1 Å². The second-order valence-electron chi connectivity index (χ2n) is 5.61. The fourth-order valence-electron chi connectivity index (χ4n) is 2.62. The van der Waals surface area contributed by atoms with E-state index in [4.69, 9.17) is 21.7 Å². The zero-order chi connectivity index (χ0) is 15.9. The Morgan fingerprint density at radius 1 is 1.30 bits per heavy atom. The van der Waals surface area contributed by atoms with Gasteiger partial charge in [0.05, 0.1) is 13.2 Å². The number of hydrogen-bond donors (Lipinski definition) is 1. The Hall–Kier alpha value is -0.470. The van der Waals surface area contributed by atoms with Gasteiger partial charge in [-0.1, -0.05) is 33.7 Å². The van der Waals surface area contributed by atoms with E-state index in [1.54, 1.807) is 0 Å². The Labute approximate surface area is 151 Å². The van der Waals surface area contributed by atoms with Crippen molar-refractivity contribution in [1.82, 2.24) is 10.2 Å². The molecule has 0 aliphatic carbocycles. The molecule has 0 spiro atoms. The van der Waals surface area contributed by atoms with E-state index in [0.29, 0.717) is 11.1 Å². The fraction of sp³-hybridized carbons (Fsp3) is 0.562. The van der Waals surface area contributed by atoms with Crippen LogP contribution in [0.2, 0.25) is 0 Å². The van der Waals surface area contributed by atoms with Crippen LogP contribution in [-0.2, 0) is 4.74 Å². The quantitative estimate of drug-likeness (QED) is 0.630. The summed E-state index contributed by atoms with van der Waals surface area (Å²) in [7, 11) is 3.89. The van der Waals surface area contributed by atoms with Crippen molar-refractivity contribution in [1.29, 1.82) is 0 Å². The van der Waals surface area contributed by atoms with Gasteiger partial charge in [0.2, 0.25) is 0 Å². The molecule has 2 heterocycles. The van der Waals surface area contributed by atoms with E-state index < -0.39 is 0 Å². The van der Waals surface area contributed by atoms with E-state index in [-0.39, 0.29) is 0 Å². The van der Waals surface area contributed by atoms with Gasteiger partial charge in [-0.25, -0.2) is 0 Å². The number of nitrogens with one attached hydrogen (secondary N) is 1. The molecule has 0 unspecified atom stereocenters. The molecule has 1 N–H and O–H groups in total. The zero-order valence-corrected chi connectivity index (χ0v) is 15.5. The molecular formula is C16H22N2O2S3. The second-order valence-corrected chi connectivity index (χ2v) is 8.53. The second kappa shape index (κ2) is 9.13. The van der Waals surface area contributed by atoms with Crippen LogP contribution < -0.4 is 10.1 Å². The topological polar surface area (TPSA) is 33.7 Å². The van der Waals surface area contributed by atoms with Crippen molar-refractivity contribution in [3.63, 3.8) is 0 Å². The minimum atomic E-state index is 0.450. The van der Waals surface area contributed by atoms with Crippen LogP contribution in [0.3, 0.4) is 0 Å². The molecule has 0 bridgehead atoms. The Morgan fingerprint density at radius 3 is 2.87 bits per heavy atom. The summed E-state index contributed by atoms with van der Waals surface area (Å²) < 4.78 is 11.1. The van der Waals surface area contributed by atoms with Crippen LogP contribution in [0.4, 0.5) is 0 Å². The van der Waals surface area contributed by atoms with Crippen molar-refractivity contribution in [3.8, 4) is 5.75 Å². The molecule has 4 nitrogen and oxygen atoms in total. The number of rotatable bonds is 5. The molecule has 0 saturated carbocycles. The van der Waals surface area contributed by atoms with Gasteiger partial charge in [0.1, 0.15) is 5.75 Å². The molecule has 23 heavy (non-hydrogen) atoms. The molecule has 2 aliphatic rings. The highest BCUT2D eigenvalue weighted by molar-refractivity contribution is 8.77. The summed E-state index contributed by atoms with van der Waals surface area (Å²) in [5.41, 5.74) is 1.34. The lowest BCUT2D eigenvalue weighted by atomic mass is 10.0. The van der Waals surface area contributed by atoms with Crippen LogP contribution in [0, 0.1) is 0 Å². The third-order valence-corrected chi connectivity index (χ3v) is 6.75. The number of hydrogen-bond acceptors (Lipinski definition) is 6. The largest absolute Gasteiger partial charge is 0.432 e. The Balaban J connectivity index is 1.43. The van der Waals surface area contributed by atoms with Crippen molar-refractivity contribution < 1.29 is 9.47 Å². The molecule has 0 atom stereocenters. The van der Waals surface area contributed by atoms with Crippen molar-refractivity contribution in [3.05, 3.63) is 29.8 Å². The minimum absolute atomic E-state index is 0.450. The average molecular weight is 371 g/mol. The van der Waals surface area contributed by atoms with Crippen LogP contribution in [-0.4, -0.2) is 61.0 Å². The molecule has 2 aliphatic heterocycles. The van der Waals surface area contributed by atoms with Crippen molar-refractivity contribution >= 4 is 39.0 Å². The van der Waals surface area contributed by atoms with Crippen molar-refractivity contribution in [2.45, 2.75) is 5.92 Å². The molecule has 126 valence electrons. The maximum Gasteiger partial charge on any atom is 0.262 e. The predicted molar refractivity (Wildman–Crippen MR) is 103 cm³/mol. The van der Waals surface area contributed by atoms with E-state index >= 15 is 0 Å². The molecule has 7 heteroatoms. The summed E-state index contributed by atoms with van der Waals surface area (Å²) in [6.45, 7) is 5.40.